The molecule has 0 aliphatic rings. The molecule has 0 aliphatic carbocycles. The third kappa shape index (κ3) is 21.9. The van der Waals surface area contributed by atoms with Crippen molar-refractivity contribution in [2.45, 2.75) is 123 Å². The maximum Gasteiger partial charge on any atom is 0.0750 e. The highest BCUT2D eigenvalue weighted by Crippen LogP contribution is 2.29. The van der Waals surface area contributed by atoms with Crippen LogP contribution in [-0.2, 0) is 19.5 Å². The van der Waals surface area contributed by atoms with Crippen molar-refractivity contribution in [2.24, 2.45) is 20.0 Å². The molecule has 6 aromatic carbocycles. The Hall–Kier alpha value is -6.52. The zero-order chi connectivity index (χ0) is 50.0. The van der Waals surface area contributed by atoms with Crippen LogP contribution in [0.25, 0.3) is 16.8 Å². The molecular formula is C62H84N4. The van der Waals surface area contributed by atoms with Gasteiger partial charge >= 0.3 is 0 Å². The van der Waals surface area contributed by atoms with Crippen molar-refractivity contribution < 1.29 is 0 Å². The summed E-state index contributed by atoms with van der Waals surface area (Å²) in [6.45, 7) is 39.8. The Labute approximate surface area is 403 Å². The lowest BCUT2D eigenvalue weighted by Gasteiger charge is -2.16. The number of hydrogen-bond donors (Lipinski definition) is 0. The highest BCUT2D eigenvalue weighted by atomic mass is 14.8. The molecule has 0 N–H and O–H groups in total. The molecule has 66 heavy (non-hydrogen) atoms. The van der Waals surface area contributed by atoms with Gasteiger partial charge in [0.1, 0.15) is 0 Å². The van der Waals surface area contributed by atoms with Gasteiger partial charge in [-0.25, -0.2) is 0 Å². The second kappa shape index (κ2) is 41.2. The van der Waals surface area contributed by atoms with Crippen LogP contribution in [0, 0.1) is 6.92 Å². The molecule has 0 aliphatic heterocycles. The second-order valence-corrected chi connectivity index (χ2v) is 12.7. The van der Waals surface area contributed by atoms with Crippen LogP contribution in [0.3, 0.4) is 0 Å². The van der Waals surface area contributed by atoms with Gasteiger partial charge in [0, 0.05) is 35.0 Å². The molecule has 0 heterocycles. The molecular weight excluding hydrogens is 801 g/mol. The minimum absolute atomic E-state index is 0.545. The Morgan fingerprint density at radius 3 is 1.39 bits per heavy atom. The fourth-order valence-electron chi connectivity index (χ4n) is 6.31. The molecule has 0 saturated heterocycles. The van der Waals surface area contributed by atoms with Gasteiger partial charge in [-0.2, -0.15) is 0 Å². The van der Waals surface area contributed by atoms with E-state index >= 15 is 0 Å². The van der Waals surface area contributed by atoms with Crippen molar-refractivity contribution in [3.8, 4) is 11.1 Å². The van der Waals surface area contributed by atoms with Crippen molar-refractivity contribution >= 4 is 30.6 Å². The van der Waals surface area contributed by atoms with Crippen LogP contribution in [0.2, 0.25) is 0 Å². The van der Waals surface area contributed by atoms with E-state index in [0.29, 0.717) is 13.1 Å². The molecule has 6 aromatic rings. The smallest absolute Gasteiger partial charge is 0.0750 e. The number of rotatable bonds is 14. The first-order valence-corrected chi connectivity index (χ1v) is 24.3. The van der Waals surface area contributed by atoms with Gasteiger partial charge in [0.15, 0.2) is 0 Å². The summed E-state index contributed by atoms with van der Waals surface area (Å²) in [5.74, 6) is 0. The van der Waals surface area contributed by atoms with Crippen molar-refractivity contribution in [1.82, 2.24) is 0 Å². The largest absolute Gasteiger partial charge is 0.284 e. The zero-order valence-electron chi connectivity index (χ0n) is 43.4. The monoisotopic (exact) mass is 885 g/mol. The van der Waals surface area contributed by atoms with Gasteiger partial charge in [-0.3, -0.25) is 20.0 Å². The lowest BCUT2D eigenvalue weighted by atomic mass is 9.93. The summed E-state index contributed by atoms with van der Waals surface area (Å²) in [5.41, 5.74) is 14.4. The van der Waals surface area contributed by atoms with E-state index in [9.17, 15) is 0 Å². The van der Waals surface area contributed by atoms with Crippen LogP contribution < -0.4 is 0 Å². The highest BCUT2D eigenvalue weighted by Gasteiger charge is 2.16. The molecule has 0 aromatic heterocycles. The van der Waals surface area contributed by atoms with Gasteiger partial charge in [-0.05, 0) is 71.8 Å². The van der Waals surface area contributed by atoms with Crippen molar-refractivity contribution in [2.75, 3.05) is 0 Å². The van der Waals surface area contributed by atoms with Crippen LogP contribution in [0.5, 0.6) is 0 Å². The fourth-order valence-corrected chi connectivity index (χ4v) is 6.31. The topological polar surface area (TPSA) is 49.4 Å². The van der Waals surface area contributed by atoms with E-state index < -0.39 is 0 Å². The Morgan fingerprint density at radius 2 is 0.909 bits per heavy atom. The maximum atomic E-state index is 5.29. The van der Waals surface area contributed by atoms with Crippen LogP contribution in [0.15, 0.2) is 202 Å². The van der Waals surface area contributed by atoms with E-state index in [0.717, 1.165) is 57.8 Å². The average molecular weight is 885 g/mol. The van der Waals surface area contributed by atoms with Crippen LogP contribution >= 0.6 is 0 Å². The van der Waals surface area contributed by atoms with Crippen LogP contribution in [0.4, 0.5) is 0 Å². The first-order valence-electron chi connectivity index (χ1n) is 24.3. The lowest BCUT2D eigenvalue weighted by molar-refractivity contribution is 1.05. The van der Waals surface area contributed by atoms with E-state index in [4.69, 9.17) is 9.98 Å². The highest BCUT2D eigenvalue weighted by molar-refractivity contribution is 6.16. The van der Waals surface area contributed by atoms with Gasteiger partial charge in [0.25, 0.3) is 0 Å². The maximum absolute atomic E-state index is 5.29. The zero-order valence-corrected chi connectivity index (χ0v) is 43.4. The average Bonchev–Trinajstić information content (AvgIpc) is 3.42. The molecule has 0 radical (unpaired) electrons. The number of hydrogen-bond acceptors (Lipinski definition) is 4. The lowest BCUT2D eigenvalue weighted by Crippen LogP contribution is -2.08. The first-order chi connectivity index (χ1) is 32.5. The standard InChI is InChI=1S/C47H43N3.C3H5N.6C2H6/c1-4-43(47(48-3)44-29-15-14-18-35(44)2)46(40-25-12-7-13-26-40)50-34-38-22-17-28-42(31-38)41-27-16-21-37(30-41)32-45(39-23-10-6-11-24-39)49-33-36-19-8-5-9-20-36;1-3-4-2;6*1-2/h5-31H,3-4,32-34H2,1-2H3;3H,1-2H2;6*1-2H3/b47-43-,49-45?,50-46?;;;;;;;. The van der Waals surface area contributed by atoms with E-state index in [2.05, 4.69) is 196 Å². The van der Waals surface area contributed by atoms with Crippen molar-refractivity contribution in [3.63, 3.8) is 0 Å². The fraction of sp³-hybridized carbons (Fsp3) is 0.290. The van der Waals surface area contributed by atoms with E-state index in [1.54, 1.807) is 0 Å². The van der Waals surface area contributed by atoms with Crippen molar-refractivity contribution in [3.05, 3.63) is 221 Å². The Kier molecular flexibility index (Phi) is 38.4. The molecule has 0 bridgehead atoms. The molecule has 6 rings (SSSR count). The first kappa shape index (κ1) is 61.6. The number of aliphatic imine (C=N–C) groups is 4. The Bertz CT molecular complexity index is 2220. The number of nitrogens with zero attached hydrogens (tertiary/aromatic N) is 4. The summed E-state index contributed by atoms with van der Waals surface area (Å²) in [7, 11) is 0. The molecule has 0 atom stereocenters. The van der Waals surface area contributed by atoms with Gasteiger partial charge in [0.05, 0.1) is 24.5 Å². The van der Waals surface area contributed by atoms with E-state index in [-0.39, 0.29) is 0 Å². The number of allylic oxidation sites excluding steroid dienone is 1. The summed E-state index contributed by atoms with van der Waals surface area (Å²) < 4.78 is 0. The Morgan fingerprint density at radius 1 is 0.485 bits per heavy atom. The molecule has 4 nitrogen and oxygen atoms in total. The molecule has 0 unspecified atom stereocenters. The van der Waals surface area contributed by atoms with Gasteiger partial charge in [-0.1, -0.05) is 254 Å². The van der Waals surface area contributed by atoms with Gasteiger partial charge in [-0.15, -0.1) is 0 Å². The van der Waals surface area contributed by atoms with Gasteiger partial charge < -0.3 is 0 Å². The third-order valence-corrected chi connectivity index (χ3v) is 9.04. The summed E-state index contributed by atoms with van der Waals surface area (Å²) in [6, 6.07) is 57.3. The summed E-state index contributed by atoms with van der Waals surface area (Å²) >= 11 is 0. The summed E-state index contributed by atoms with van der Waals surface area (Å²) in [4.78, 5) is 18.2. The predicted molar refractivity (Wildman–Crippen MR) is 301 cm³/mol. The predicted octanol–water partition coefficient (Wildman–Crippen LogP) is 18.4. The quantitative estimate of drug-likeness (QED) is 0.0979. The normalized spacial score (nSPS) is 10.2. The Balaban J connectivity index is 0. The molecule has 0 saturated carbocycles. The van der Waals surface area contributed by atoms with Crippen LogP contribution in [-0.4, -0.2) is 24.9 Å². The minimum atomic E-state index is 0.545. The van der Waals surface area contributed by atoms with Gasteiger partial charge in [0.2, 0.25) is 0 Å². The molecule has 0 fully saturated rings. The second-order valence-electron chi connectivity index (χ2n) is 12.7. The molecule has 0 spiro atoms. The van der Waals surface area contributed by atoms with Crippen LogP contribution in [0.1, 0.15) is 135 Å². The SMILES string of the molecule is C=CN=C.C=N/C(=C(/CC)C(=NCc1cccc(-c2cccc(CC(=NCc3ccccc3)c3ccccc3)c2)c1)c1ccccc1)c1ccccc1C.CC.CC.CC.CC.CC.CC. The summed E-state index contributed by atoms with van der Waals surface area (Å²) in [6.07, 6.45) is 2.92. The molecule has 0 amide bonds. The number of benzene rings is 6. The number of aryl methyl sites for hydroxylation is 1. The third-order valence-electron chi connectivity index (χ3n) is 9.04. The van der Waals surface area contributed by atoms with Crippen molar-refractivity contribution in [1.29, 1.82) is 0 Å². The molecule has 352 valence electrons. The minimum Gasteiger partial charge on any atom is -0.284 e. The van der Waals surface area contributed by atoms with E-state index in [1.807, 2.05) is 95.2 Å². The molecule has 4 heteroatoms. The van der Waals surface area contributed by atoms with E-state index in [1.165, 1.54) is 34.0 Å². The summed E-state index contributed by atoms with van der Waals surface area (Å²) in [5, 5.41) is 0.